The first-order valence-corrected chi connectivity index (χ1v) is 6.02. The molecule has 0 radical (unpaired) electrons. The highest BCUT2D eigenvalue weighted by Gasteiger charge is 1.99. The van der Waals surface area contributed by atoms with Crippen molar-refractivity contribution < 1.29 is 0 Å². The van der Waals surface area contributed by atoms with E-state index < -0.39 is 0 Å². The lowest BCUT2D eigenvalue weighted by Crippen LogP contribution is -2.17. The monoisotopic (exact) mass is 197 g/mol. The molecule has 0 aromatic carbocycles. The Bertz CT molecular complexity index is 206. The molecule has 0 saturated carbocycles. The molecule has 0 atom stereocenters. The largest absolute Gasteiger partial charge is 0.374 e. The van der Waals surface area contributed by atoms with Crippen molar-refractivity contribution in [3.63, 3.8) is 0 Å². The summed E-state index contributed by atoms with van der Waals surface area (Å²) >= 11 is 1.77. The lowest BCUT2D eigenvalue weighted by molar-refractivity contribution is 0.661. The molecule has 0 bridgehead atoms. The number of hydrogen-bond donors (Lipinski definition) is 0. The molecule has 1 nitrogen and oxygen atoms in total. The Kier molecular flexibility index (Phi) is 4.91. The topological polar surface area (TPSA) is 3.24 Å². The van der Waals surface area contributed by atoms with Gasteiger partial charge in [-0.05, 0) is 17.9 Å². The van der Waals surface area contributed by atoms with Gasteiger partial charge in [0.05, 0.1) is 0 Å². The molecule has 0 saturated heterocycles. The van der Waals surface area contributed by atoms with E-state index in [-0.39, 0.29) is 0 Å². The van der Waals surface area contributed by atoms with Crippen LogP contribution in [0, 0.1) is 0 Å². The predicted octanol–water partition coefficient (Wildman–Crippen LogP) is 3.76. The van der Waals surface area contributed by atoms with Crippen LogP contribution in [0.5, 0.6) is 0 Å². The summed E-state index contributed by atoms with van der Waals surface area (Å²) in [5.74, 6) is 0. The second-order valence-corrected chi connectivity index (χ2v) is 4.24. The van der Waals surface area contributed by atoms with Crippen LogP contribution in [0.2, 0.25) is 0 Å². The molecule has 0 amide bonds. The van der Waals surface area contributed by atoms with Gasteiger partial charge >= 0.3 is 0 Å². The second kappa shape index (κ2) is 6.03. The molecular weight excluding hydrogens is 178 g/mol. The Labute approximate surface area is 85.4 Å². The second-order valence-electron chi connectivity index (χ2n) is 3.46. The molecule has 0 unspecified atom stereocenters. The van der Waals surface area contributed by atoms with Crippen molar-refractivity contribution in [2.45, 2.75) is 32.6 Å². The van der Waals surface area contributed by atoms with Gasteiger partial charge in [0.2, 0.25) is 0 Å². The Balaban J connectivity index is 2.15. The van der Waals surface area contributed by atoms with Gasteiger partial charge in [0.1, 0.15) is 0 Å². The van der Waals surface area contributed by atoms with E-state index in [9.17, 15) is 0 Å². The highest BCUT2D eigenvalue weighted by atomic mass is 32.1. The molecule has 1 heterocycles. The van der Waals surface area contributed by atoms with Crippen molar-refractivity contribution in [3.05, 3.63) is 16.8 Å². The van der Waals surface area contributed by atoms with E-state index in [2.05, 4.69) is 35.7 Å². The molecule has 0 N–H and O–H groups in total. The fraction of sp³-hybridized carbons (Fsp3) is 0.636. The van der Waals surface area contributed by atoms with Crippen LogP contribution in [0.25, 0.3) is 0 Å². The van der Waals surface area contributed by atoms with E-state index in [1.54, 1.807) is 11.3 Å². The number of rotatable bonds is 6. The lowest BCUT2D eigenvalue weighted by Gasteiger charge is -2.16. The van der Waals surface area contributed by atoms with Crippen LogP contribution in [0.4, 0.5) is 5.69 Å². The summed E-state index contributed by atoms with van der Waals surface area (Å²) in [6.45, 7) is 3.44. The highest BCUT2D eigenvalue weighted by molar-refractivity contribution is 7.08. The zero-order valence-electron chi connectivity index (χ0n) is 8.62. The first-order chi connectivity index (χ1) is 6.34. The molecule has 2 heteroatoms. The third-order valence-corrected chi connectivity index (χ3v) is 2.96. The predicted molar refractivity (Wildman–Crippen MR) is 61.7 cm³/mol. The fourth-order valence-electron chi connectivity index (χ4n) is 1.38. The molecule has 74 valence electrons. The Morgan fingerprint density at radius 3 is 2.77 bits per heavy atom. The van der Waals surface area contributed by atoms with Gasteiger partial charge in [-0.15, -0.1) is 0 Å². The minimum absolute atomic E-state index is 1.19. The minimum Gasteiger partial charge on any atom is -0.374 e. The van der Waals surface area contributed by atoms with Crippen molar-refractivity contribution in [1.82, 2.24) is 0 Å². The van der Waals surface area contributed by atoms with E-state index in [4.69, 9.17) is 0 Å². The smallest absolute Gasteiger partial charge is 0.0472 e. The van der Waals surface area contributed by atoms with Crippen LogP contribution >= 0.6 is 11.3 Å². The van der Waals surface area contributed by atoms with Crippen LogP contribution in [0.1, 0.15) is 32.6 Å². The van der Waals surface area contributed by atoms with Crippen LogP contribution in [0.3, 0.4) is 0 Å². The zero-order chi connectivity index (χ0) is 9.52. The Morgan fingerprint density at radius 1 is 1.31 bits per heavy atom. The Hall–Kier alpha value is -0.500. The van der Waals surface area contributed by atoms with Crippen molar-refractivity contribution in [2.75, 3.05) is 18.5 Å². The quantitative estimate of drug-likeness (QED) is 0.628. The number of anilines is 1. The summed E-state index contributed by atoms with van der Waals surface area (Å²) < 4.78 is 0. The average Bonchev–Trinajstić information content (AvgIpc) is 2.65. The molecular formula is C11H19NS. The summed E-state index contributed by atoms with van der Waals surface area (Å²) in [6.07, 6.45) is 5.38. The average molecular weight is 197 g/mol. The summed E-state index contributed by atoms with van der Waals surface area (Å²) in [5.41, 5.74) is 1.36. The van der Waals surface area contributed by atoms with Crippen molar-refractivity contribution in [3.8, 4) is 0 Å². The molecule has 0 spiro atoms. The van der Waals surface area contributed by atoms with Crippen molar-refractivity contribution in [1.29, 1.82) is 0 Å². The minimum atomic E-state index is 1.19. The van der Waals surface area contributed by atoms with Crippen LogP contribution < -0.4 is 4.90 Å². The summed E-state index contributed by atoms with van der Waals surface area (Å²) in [7, 11) is 2.17. The SMILES string of the molecule is CCCCCCN(C)c1ccsc1. The first kappa shape index (κ1) is 10.6. The molecule has 0 aliphatic heterocycles. The van der Waals surface area contributed by atoms with Crippen molar-refractivity contribution in [2.24, 2.45) is 0 Å². The van der Waals surface area contributed by atoms with Gasteiger partial charge in [-0.2, -0.15) is 11.3 Å². The van der Waals surface area contributed by atoms with Gasteiger partial charge in [0.25, 0.3) is 0 Å². The summed E-state index contributed by atoms with van der Waals surface area (Å²) in [5, 5.41) is 4.34. The van der Waals surface area contributed by atoms with Gasteiger partial charge < -0.3 is 4.90 Å². The maximum atomic E-state index is 2.34. The lowest BCUT2D eigenvalue weighted by atomic mass is 10.2. The summed E-state index contributed by atoms with van der Waals surface area (Å²) in [6, 6.07) is 2.19. The van der Waals surface area contributed by atoms with Gasteiger partial charge in [-0.3, -0.25) is 0 Å². The molecule has 13 heavy (non-hydrogen) atoms. The third-order valence-electron chi connectivity index (χ3n) is 2.29. The first-order valence-electron chi connectivity index (χ1n) is 5.08. The molecule has 0 aliphatic carbocycles. The number of hydrogen-bond acceptors (Lipinski definition) is 2. The fourth-order valence-corrected chi connectivity index (χ4v) is 2.07. The van der Waals surface area contributed by atoms with E-state index in [1.165, 1.54) is 37.9 Å². The molecule has 0 aliphatic rings. The van der Waals surface area contributed by atoms with E-state index >= 15 is 0 Å². The number of thiophene rings is 1. The molecule has 1 rings (SSSR count). The van der Waals surface area contributed by atoms with Crippen molar-refractivity contribution >= 4 is 17.0 Å². The van der Waals surface area contributed by atoms with E-state index in [1.807, 2.05) is 0 Å². The zero-order valence-corrected chi connectivity index (χ0v) is 9.44. The number of unbranched alkanes of at least 4 members (excludes halogenated alkanes) is 3. The van der Waals surface area contributed by atoms with E-state index in [0.717, 1.165) is 0 Å². The molecule has 1 aromatic rings. The Morgan fingerprint density at radius 2 is 2.15 bits per heavy atom. The van der Waals surface area contributed by atoms with Gasteiger partial charge in [0.15, 0.2) is 0 Å². The number of nitrogens with zero attached hydrogens (tertiary/aromatic N) is 1. The van der Waals surface area contributed by atoms with Crippen LogP contribution in [-0.4, -0.2) is 13.6 Å². The molecule has 1 aromatic heterocycles. The molecule has 0 fully saturated rings. The van der Waals surface area contributed by atoms with Gasteiger partial charge in [0, 0.05) is 24.7 Å². The standard InChI is InChI=1S/C11H19NS/c1-3-4-5-6-8-12(2)11-7-9-13-10-11/h7,9-10H,3-6,8H2,1-2H3. The summed E-state index contributed by atoms with van der Waals surface area (Å²) in [4.78, 5) is 2.34. The van der Waals surface area contributed by atoms with E-state index in [0.29, 0.717) is 0 Å². The normalized spacial score (nSPS) is 10.3. The van der Waals surface area contributed by atoms with Crippen LogP contribution in [-0.2, 0) is 0 Å². The maximum absolute atomic E-state index is 2.34. The van der Waals surface area contributed by atoms with Gasteiger partial charge in [-0.1, -0.05) is 26.2 Å². The van der Waals surface area contributed by atoms with Gasteiger partial charge in [-0.25, -0.2) is 0 Å². The van der Waals surface area contributed by atoms with Crippen LogP contribution in [0.15, 0.2) is 16.8 Å². The highest BCUT2D eigenvalue weighted by Crippen LogP contribution is 2.16. The maximum Gasteiger partial charge on any atom is 0.0472 e. The third kappa shape index (κ3) is 3.81.